The second kappa shape index (κ2) is 7.81. The maximum atomic E-state index is 5.73. The Morgan fingerprint density at radius 3 is 2.67 bits per heavy atom. The van der Waals surface area contributed by atoms with Crippen LogP contribution in [-0.4, -0.2) is 6.61 Å². The van der Waals surface area contributed by atoms with E-state index in [1.165, 1.54) is 11.1 Å². The molecule has 0 aliphatic rings. The molecule has 0 bridgehead atoms. The molecule has 1 atom stereocenters. The Bertz CT molecular complexity index is 569. The molecule has 112 valence electrons. The number of benzene rings is 2. The lowest BCUT2D eigenvalue weighted by Crippen LogP contribution is -2.28. The molecule has 0 aromatic heterocycles. The van der Waals surface area contributed by atoms with Crippen molar-refractivity contribution in [2.75, 3.05) is 6.61 Å². The van der Waals surface area contributed by atoms with Crippen molar-refractivity contribution in [2.45, 2.75) is 32.7 Å². The number of rotatable bonds is 7. The first kappa shape index (κ1) is 15.5. The number of hydrogen-bond donors (Lipinski definition) is 2. The number of ether oxygens (including phenoxy) is 1. The molecule has 0 spiro atoms. The molecule has 0 aliphatic carbocycles. The number of nitrogens with two attached hydrogens (primary N) is 1. The maximum absolute atomic E-state index is 5.73. The van der Waals surface area contributed by atoms with Gasteiger partial charge in [0.05, 0.1) is 6.61 Å². The average molecular weight is 284 g/mol. The van der Waals surface area contributed by atoms with Gasteiger partial charge in [0.15, 0.2) is 0 Å². The summed E-state index contributed by atoms with van der Waals surface area (Å²) >= 11 is 0. The number of nitrogens with one attached hydrogen (secondary N) is 1. The van der Waals surface area contributed by atoms with E-state index in [4.69, 9.17) is 10.6 Å². The van der Waals surface area contributed by atoms with Crippen LogP contribution in [0, 0.1) is 6.92 Å². The predicted octanol–water partition coefficient (Wildman–Crippen LogP) is 3.53. The van der Waals surface area contributed by atoms with Crippen LogP contribution in [-0.2, 0) is 6.42 Å². The van der Waals surface area contributed by atoms with Crippen LogP contribution < -0.4 is 16.0 Å². The molecular formula is C18H24N2O. The van der Waals surface area contributed by atoms with Crippen molar-refractivity contribution in [3.63, 3.8) is 0 Å². The van der Waals surface area contributed by atoms with E-state index in [1.54, 1.807) is 0 Å². The molecule has 0 fully saturated rings. The SMILES string of the molecule is CCOc1cccc(C(CCc2cccc(C)c2)NN)c1. The first-order valence-electron chi connectivity index (χ1n) is 7.47. The van der Waals surface area contributed by atoms with Crippen LogP contribution in [0.3, 0.4) is 0 Å². The Balaban J connectivity index is 2.04. The summed E-state index contributed by atoms with van der Waals surface area (Å²) in [6, 6.07) is 16.9. The molecule has 3 N–H and O–H groups in total. The van der Waals surface area contributed by atoms with Gasteiger partial charge in [0.2, 0.25) is 0 Å². The largest absolute Gasteiger partial charge is 0.494 e. The number of hydrogen-bond acceptors (Lipinski definition) is 3. The molecule has 0 saturated heterocycles. The van der Waals surface area contributed by atoms with Gasteiger partial charge < -0.3 is 4.74 Å². The average Bonchev–Trinajstić information content (AvgIpc) is 2.49. The monoisotopic (exact) mass is 284 g/mol. The van der Waals surface area contributed by atoms with Gasteiger partial charge in [-0.1, -0.05) is 42.0 Å². The molecule has 2 rings (SSSR count). The van der Waals surface area contributed by atoms with E-state index in [1.807, 2.05) is 19.1 Å². The summed E-state index contributed by atoms with van der Waals surface area (Å²) in [5.41, 5.74) is 6.72. The third-order valence-corrected chi connectivity index (χ3v) is 3.58. The summed E-state index contributed by atoms with van der Waals surface area (Å²) in [6.45, 7) is 4.78. The van der Waals surface area contributed by atoms with Crippen LogP contribution in [0.4, 0.5) is 0 Å². The molecule has 3 heteroatoms. The van der Waals surface area contributed by atoms with Gasteiger partial charge in [-0.25, -0.2) is 0 Å². The van der Waals surface area contributed by atoms with E-state index in [2.05, 4.69) is 48.7 Å². The van der Waals surface area contributed by atoms with Gasteiger partial charge in [-0.3, -0.25) is 11.3 Å². The van der Waals surface area contributed by atoms with Crippen LogP contribution >= 0.6 is 0 Å². The fourth-order valence-corrected chi connectivity index (χ4v) is 2.51. The highest BCUT2D eigenvalue weighted by Crippen LogP contribution is 2.23. The summed E-state index contributed by atoms with van der Waals surface area (Å²) in [7, 11) is 0. The minimum atomic E-state index is 0.130. The van der Waals surface area contributed by atoms with E-state index in [0.29, 0.717) is 6.61 Å². The molecule has 2 aromatic rings. The molecule has 0 amide bonds. The molecule has 0 radical (unpaired) electrons. The Hall–Kier alpha value is -1.84. The fraction of sp³-hybridized carbons (Fsp3) is 0.333. The van der Waals surface area contributed by atoms with Crippen LogP contribution in [0.25, 0.3) is 0 Å². The lowest BCUT2D eigenvalue weighted by atomic mass is 9.98. The highest BCUT2D eigenvalue weighted by molar-refractivity contribution is 5.31. The molecule has 0 heterocycles. The van der Waals surface area contributed by atoms with Crippen molar-refractivity contribution >= 4 is 0 Å². The standard InChI is InChI=1S/C18H24N2O/c1-3-21-17-9-5-8-16(13-17)18(20-19)11-10-15-7-4-6-14(2)12-15/h4-9,12-13,18,20H,3,10-11,19H2,1-2H3. The second-order valence-corrected chi connectivity index (χ2v) is 5.25. The number of aryl methyl sites for hydroxylation is 2. The van der Waals surface area contributed by atoms with Gasteiger partial charge in [0, 0.05) is 6.04 Å². The zero-order chi connectivity index (χ0) is 15.1. The lowest BCUT2D eigenvalue weighted by Gasteiger charge is -2.17. The Kier molecular flexibility index (Phi) is 5.78. The quantitative estimate of drug-likeness (QED) is 0.604. The van der Waals surface area contributed by atoms with Gasteiger partial charge >= 0.3 is 0 Å². The third kappa shape index (κ3) is 4.59. The summed E-state index contributed by atoms with van der Waals surface area (Å²) in [5.74, 6) is 6.63. The first-order chi connectivity index (χ1) is 10.2. The normalized spacial score (nSPS) is 12.1. The van der Waals surface area contributed by atoms with Gasteiger partial charge in [0.25, 0.3) is 0 Å². The van der Waals surface area contributed by atoms with E-state index < -0.39 is 0 Å². The summed E-state index contributed by atoms with van der Waals surface area (Å²) < 4.78 is 5.55. The third-order valence-electron chi connectivity index (χ3n) is 3.58. The molecular weight excluding hydrogens is 260 g/mol. The molecule has 2 aromatic carbocycles. The van der Waals surface area contributed by atoms with Crippen LogP contribution in [0.1, 0.15) is 36.1 Å². The van der Waals surface area contributed by atoms with Crippen molar-refractivity contribution in [1.29, 1.82) is 0 Å². The lowest BCUT2D eigenvalue weighted by molar-refractivity contribution is 0.339. The zero-order valence-corrected chi connectivity index (χ0v) is 12.8. The van der Waals surface area contributed by atoms with Crippen LogP contribution in [0.15, 0.2) is 48.5 Å². The number of hydrazine groups is 1. The van der Waals surface area contributed by atoms with Gasteiger partial charge in [-0.05, 0) is 49.9 Å². The molecule has 3 nitrogen and oxygen atoms in total. The van der Waals surface area contributed by atoms with E-state index >= 15 is 0 Å². The highest BCUT2D eigenvalue weighted by Gasteiger charge is 2.10. The zero-order valence-electron chi connectivity index (χ0n) is 12.8. The molecule has 21 heavy (non-hydrogen) atoms. The Labute approximate surface area is 127 Å². The van der Waals surface area contributed by atoms with Crippen molar-refractivity contribution in [1.82, 2.24) is 5.43 Å². The Morgan fingerprint density at radius 1 is 1.14 bits per heavy atom. The minimum absolute atomic E-state index is 0.130. The van der Waals surface area contributed by atoms with Crippen molar-refractivity contribution in [3.8, 4) is 5.75 Å². The Morgan fingerprint density at radius 2 is 1.95 bits per heavy atom. The van der Waals surface area contributed by atoms with Crippen LogP contribution in [0.5, 0.6) is 5.75 Å². The van der Waals surface area contributed by atoms with Gasteiger partial charge in [0.1, 0.15) is 5.75 Å². The predicted molar refractivity (Wildman–Crippen MR) is 87.2 cm³/mol. The maximum Gasteiger partial charge on any atom is 0.119 e. The van der Waals surface area contributed by atoms with E-state index in [0.717, 1.165) is 24.2 Å². The summed E-state index contributed by atoms with van der Waals surface area (Å²) in [5, 5.41) is 0. The smallest absolute Gasteiger partial charge is 0.119 e. The molecule has 0 aliphatic heterocycles. The molecule has 1 unspecified atom stereocenters. The fourth-order valence-electron chi connectivity index (χ4n) is 2.51. The topological polar surface area (TPSA) is 47.3 Å². The van der Waals surface area contributed by atoms with Crippen molar-refractivity contribution in [3.05, 3.63) is 65.2 Å². The summed E-state index contributed by atoms with van der Waals surface area (Å²) in [6.07, 6.45) is 1.95. The summed E-state index contributed by atoms with van der Waals surface area (Å²) in [4.78, 5) is 0. The second-order valence-electron chi connectivity index (χ2n) is 5.25. The van der Waals surface area contributed by atoms with Crippen LogP contribution in [0.2, 0.25) is 0 Å². The van der Waals surface area contributed by atoms with E-state index in [-0.39, 0.29) is 6.04 Å². The van der Waals surface area contributed by atoms with Crippen molar-refractivity contribution in [2.24, 2.45) is 5.84 Å². The molecule has 0 saturated carbocycles. The van der Waals surface area contributed by atoms with Gasteiger partial charge in [-0.2, -0.15) is 0 Å². The van der Waals surface area contributed by atoms with E-state index in [9.17, 15) is 0 Å². The first-order valence-corrected chi connectivity index (χ1v) is 7.47. The van der Waals surface area contributed by atoms with Crippen molar-refractivity contribution < 1.29 is 4.74 Å². The van der Waals surface area contributed by atoms with Gasteiger partial charge in [-0.15, -0.1) is 0 Å². The minimum Gasteiger partial charge on any atom is -0.494 e. The highest BCUT2D eigenvalue weighted by atomic mass is 16.5.